The van der Waals surface area contributed by atoms with Gasteiger partial charge in [0, 0.05) is 61.5 Å². The molecule has 0 spiro atoms. The molecule has 0 amide bonds. The van der Waals surface area contributed by atoms with Crippen LogP contribution in [0.15, 0.2) is 237 Å². The molecule has 0 N–H and O–H groups in total. The second-order valence-electron chi connectivity index (χ2n) is 19.9. The first-order valence-corrected chi connectivity index (χ1v) is 25.4. The number of hydrogen-bond donors (Lipinski definition) is 0. The summed E-state index contributed by atoms with van der Waals surface area (Å²) in [5.41, 5.74) is 18.7. The van der Waals surface area contributed by atoms with Gasteiger partial charge in [0.15, 0.2) is 0 Å². The van der Waals surface area contributed by atoms with Crippen LogP contribution in [0.25, 0.3) is 66.1 Å². The van der Waals surface area contributed by atoms with E-state index in [0.29, 0.717) is 0 Å². The van der Waals surface area contributed by atoms with Crippen molar-refractivity contribution in [3.63, 3.8) is 0 Å². The Kier molecular flexibility index (Phi) is 8.08. The summed E-state index contributed by atoms with van der Waals surface area (Å²) >= 11 is 0. The summed E-state index contributed by atoms with van der Waals surface area (Å²) in [7, 11) is 0. The van der Waals surface area contributed by atoms with Gasteiger partial charge in [-0.25, -0.2) is 0 Å². The van der Waals surface area contributed by atoms with Gasteiger partial charge in [0.2, 0.25) is 0 Å². The molecule has 342 valence electrons. The molecular weight excluding hydrogens is 904 g/mol. The van der Waals surface area contributed by atoms with E-state index >= 15 is 0 Å². The molecule has 0 fully saturated rings. The third-order valence-corrected chi connectivity index (χ3v) is 16.1. The molecule has 74 heavy (non-hydrogen) atoms. The molecule has 4 aliphatic heterocycles. The van der Waals surface area contributed by atoms with Gasteiger partial charge < -0.3 is 28.2 Å². The number of benzene rings is 11. The lowest BCUT2D eigenvalue weighted by molar-refractivity contribution is 0.465. The average molecular weight is 944 g/mol. The minimum absolute atomic E-state index is 0.0215. The molecular formula is C66H39B2N3O3. The van der Waals surface area contributed by atoms with Gasteiger partial charge in [-0.2, -0.15) is 0 Å². The second-order valence-corrected chi connectivity index (χ2v) is 19.9. The molecule has 0 aliphatic carbocycles. The summed E-state index contributed by atoms with van der Waals surface area (Å²) in [5, 5.41) is 4.90. The van der Waals surface area contributed by atoms with Gasteiger partial charge >= 0.3 is 0 Å². The van der Waals surface area contributed by atoms with Crippen molar-refractivity contribution < 1.29 is 14.2 Å². The van der Waals surface area contributed by atoms with Gasteiger partial charge in [-0.3, -0.25) is 0 Å². The van der Waals surface area contributed by atoms with E-state index in [1.165, 1.54) is 38.0 Å². The molecule has 6 heterocycles. The monoisotopic (exact) mass is 943 g/mol. The van der Waals surface area contributed by atoms with Crippen molar-refractivity contribution in [3.05, 3.63) is 237 Å². The standard InChI is InChI=1S/C66H39B2N3O3/c1-2-16-42(17-3-1)69-57-38-43(70-53-24-10-4-18-45(53)46-19-5-11-25-54(46)70)30-32-49(57)67-52-33-31-44(71-55-26-12-6-20-47(55)48-21-7-13-27-56(48)71)39-61(52)74-62-35-40(34-58(69)65(62)67)41-36-63-66-64(37-41)73-60-29-15-9-23-51(60)68(66)50-22-8-14-28-59(50)72-63/h1-39H. The fourth-order valence-electron chi connectivity index (χ4n) is 13.0. The van der Waals surface area contributed by atoms with Crippen LogP contribution in [0.1, 0.15) is 0 Å². The van der Waals surface area contributed by atoms with Gasteiger partial charge in [0.25, 0.3) is 13.4 Å². The molecule has 0 atom stereocenters. The number of fused-ring (bicyclic) bond motifs is 14. The van der Waals surface area contributed by atoms with Crippen LogP contribution >= 0.6 is 0 Å². The fraction of sp³-hybridized carbons (Fsp3) is 0. The van der Waals surface area contributed by atoms with Gasteiger partial charge in [0.1, 0.15) is 34.5 Å². The summed E-state index contributed by atoms with van der Waals surface area (Å²) in [6.07, 6.45) is 0. The van der Waals surface area contributed by atoms with Crippen molar-refractivity contribution in [1.29, 1.82) is 0 Å². The lowest BCUT2D eigenvalue weighted by Crippen LogP contribution is -2.59. The van der Waals surface area contributed by atoms with Crippen molar-refractivity contribution >= 4 is 107 Å². The Bertz CT molecular complexity index is 4400. The van der Waals surface area contributed by atoms with Crippen LogP contribution in [-0.2, 0) is 0 Å². The van der Waals surface area contributed by atoms with E-state index in [-0.39, 0.29) is 13.4 Å². The Morgan fingerprint density at radius 2 is 0.689 bits per heavy atom. The van der Waals surface area contributed by atoms with E-state index in [9.17, 15) is 0 Å². The summed E-state index contributed by atoms with van der Waals surface area (Å²) in [5.74, 6) is 4.95. The highest BCUT2D eigenvalue weighted by atomic mass is 16.5. The van der Waals surface area contributed by atoms with E-state index in [0.717, 1.165) is 112 Å². The van der Waals surface area contributed by atoms with E-state index in [2.05, 4.69) is 251 Å². The van der Waals surface area contributed by atoms with E-state index in [1.54, 1.807) is 0 Å². The Hall–Kier alpha value is -9.65. The van der Waals surface area contributed by atoms with E-state index in [4.69, 9.17) is 14.2 Å². The molecule has 0 bridgehead atoms. The first-order valence-electron chi connectivity index (χ1n) is 25.4. The van der Waals surface area contributed by atoms with Crippen LogP contribution in [0.5, 0.6) is 34.5 Å². The Morgan fingerprint density at radius 1 is 0.270 bits per heavy atom. The molecule has 0 saturated heterocycles. The highest BCUT2D eigenvalue weighted by molar-refractivity contribution is 6.99. The van der Waals surface area contributed by atoms with Crippen LogP contribution in [0.3, 0.4) is 0 Å². The molecule has 17 rings (SSSR count). The SMILES string of the molecule is c1ccc(N2c3cc(-n4c5ccccc5c5ccccc54)ccc3B3c4ccc(-n5c6ccccc6c6ccccc65)cc4Oc4cc(-c5cc6c7c(c5)Oc5ccccc5B7c5ccccc5O6)cc2c43)cc1. The van der Waals surface area contributed by atoms with Gasteiger partial charge in [-0.05, 0) is 129 Å². The highest BCUT2D eigenvalue weighted by Crippen LogP contribution is 2.47. The largest absolute Gasteiger partial charge is 0.458 e. The van der Waals surface area contributed by atoms with Crippen LogP contribution in [-0.4, -0.2) is 22.6 Å². The molecule has 0 radical (unpaired) electrons. The maximum atomic E-state index is 7.41. The number of anilines is 3. The zero-order valence-corrected chi connectivity index (χ0v) is 39.7. The molecule has 8 heteroatoms. The van der Waals surface area contributed by atoms with Crippen LogP contribution in [0.2, 0.25) is 0 Å². The lowest BCUT2D eigenvalue weighted by Gasteiger charge is -2.40. The van der Waals surface area contributed by atoms with E-state index in [1.807, 2.05) is 0 Å². The third-order valence-electron chi connectivity index (χ3n) is 16.1. The molecule has 13 aromatic rings. The quantitative estimate of drug-likeness (QED) is 0.165. The van der Waals surface area contributed by atoms with Crippen LogP contribution in [0.4, 0.5) is 17.1 Å². The number of nitrogens with zero attached hydrogens (tertiary/aromatic N) is 3. The highest BCUT2D eigenvalue weighted by Gasteiger charge is 2.44. The predicted octanol–water partition coefficient (Wildman–Crippen LogP) is 12.7. The van der Waals surface area contributed by atoms with Crippen molar-refractivity contribution in [3.8, 4) is 57.0 Å². The number of para-hydroxylation sites is 7. The van der Waals surface area contributed by atoms with Crippen molar-refractivity contribution in [2.45, 2.75) is 0 Å². The molecule has 0 saturated carbocycles. The summed E-state index contributed by atoms with van der Waals surface area (Å²) in [6, 6.07) is 85.3. The van der Waals surface area contributed by atoms with Crippen molar-refractivity contribution in [2.24, 2.45) is 0 Å². The minimum atomic E-state index is -0.141. The average Bonchev–Trinajstić information content (AvgIpc) is 3.98. The van der Waals surface area contributed by atoms with Crippen LogP contribution in [0, 0.1) is 0 Å². The molecule has 6 nitrogen and oxygen atoms in total. The topological polar surface area (TPSA) is 40.8 Å². The van der Waals surface area contributed by atoms with Crippen LogP contribution < -0.4 is 51.9 Å². The van der Waals surface area contributed by atoms with E-state index < -0.39 is 0 Å². The number of hydrogen-bond acceptors (Lipinski definition) is 4. The molecule has 4 aliphatic rings. The summed E-state index contributed by atoms with van der Waals surface area (Å²) in [6.45, 7) is -0.163. The normalized spacial score (nSPS) is 13.4. The predicted molar refractivity (Wildman–Crippen MR) is 304 cm³/mol. The van der Waals surface area contributed by atoms with Gasteiger partial charge in [0.05, 0.1) is 22.1 Å². The first kappa shape index (κ1) is 40.0. The second kappa shape index (κ2) is 14.9. The maximum absolute atomic E-state index is 7.41. The minimum Gasteiger partial charge on any atom is -0.458 e. The smallest absolute Gasteiger partial charge is 0.260 e. The van der Waals surface area contributed by atoms with Gasteiger partial charge in [-0.1, -0.05) is 140 Å². The Morgan fingerprint density at radius 3 is 1.26 bits per heavy atom. The third kappa shape index (κ3) is 5.51. The zero-order chi connectivity index (χ0) is 48.2. The van der Waals surface area contributed by atoms with Crippen molar-refractivity contribution in [1.82, 2.24) is 9.13 Å². The fourth-order valence-corrected chi connectivity index (χ4v) is 13.0. The first-order chi connectivity index (χ1) is 36.7. The number of aromatic nitrogens is 2. The van der Waals surface area contributed by atoms with Crippen molar-refractivity contribution in [2.75, 3.05) is 4.90 Å². The molecule has 11 aromatic carbocycles. The lowest BCUT2D eigenvalue weighted by atomic mass is 9.34. The summed E-state index contributed by atoms with van der Waals surface area (Å²) in [4.78, 5) is 2.45. The number of rotatable bonds is 4. The van der Waals surface area contributed by atoms with Gasteiger partial charge in [-0.15, -0.1) is 0 Å². The summed E-state index contributed by atoms with van der Waals surface area (Å²) < 4.78 is 26.0. The zero-order valence-electron chi connectivity index (χ0n) is 39.7. The maximum Gasteiger partial charge on any atom is 0.260 e. The molecule has 2 aromatic heterocycles. The Balaban J connectivity index is 0.921. The molecule has 0 unspecified atom stereocenters. The number of ether oxygens (including phenoxy) is 3. The Labute approximate surface area is 426 Å².